The largest absolute Gasteiger partial charge is 0.282 e. The lowest BCUT2D eigenvalue weighted by Crippen LogP contribution is -2.21. The van der Waals surface area contributed by atoms with Gasteiger partial charge in [0.15, 0.2) is 5.65 Å². The van der Waals surface area contributed by atoms with Crippen LogP contribution in [-0.4, -0.2) is 31.2 Å². The molecule has 6 heteroatoms. The molecule has 0 fully saturated rings. The van der Waals surface area contributed by atoms with E-state index in [2.05, 4.69) is 76.9 Å². The molecule has 1 aromatic carbocycles. The van der Waals surface area contributed by atoms with Crippen LogP contribution in [0.25, 0.3) is 22.3 Å². The van der Waals surface area contributed by atoms with E-state index in [1.807, 2.05) is 10.9 Å². The van der Waals surface area contributed by atoms with Crippen molar-refractivity contribution in [3.05, 3.63) is 59.5 Å². The number of H-pyrrole nitrogens is 1. The van der Waals surface area contributed by atoms with Gasteiger partial charge in [0, 0.05) is 39.5 Å². The number of aromatic amines is 1. The van der Waals surface area contributed by atoms with Gasteiger partial charge in [-0.1, -0.05) is 26.0 Å². The Morgan fingerprint density at radius 1 is 1.21 bits per heavy atom. The second-order valence-electron chi connectivity index (χ2n) is 8.68. The van der Waals surface area contributed by atoms with E-state index < -0.39 is 0 Å². The predicted molar refractivity (Wildman–Crippen MR) is 118 cm³/mol. The molecule has 3 heterocycles. The highest BCUT2D eigenvalue weighted by Crippen LogP contribution is 2.37. The SMILES string of the molecule is CSc1ccc(Cn2cc3cc(-c4n[nH]c5c4CCC(C)(C)C5)cnc3n2)cc1. The monoisotopic (exact) mass is 403 g/mol. The first-order chi connectivity index (χ1) is 14.0. The minimum atomic E-state index is 0.341. The first-order valence-electron chi connectivity index (χ1n) is 10.0. The first-order valence-corrected chi connectivity index (χ1v) is 11.3. The van der Waals surface area contributed by atoms with Crippen LogP contribution in [-0.2, 0) is 19.4 Å². The summed E-state index contributed by atoms with van der Waals surface area (Å²) in [6.45, 7) is 5.40. The van der Waals surface area contributed by atoms with E-state index in [4.69, 9.17) is 0 Å². The van der Waals surface area contributed by atoms with Crippen LogP contribution in [0.2, 0.25) is 0 Å². The molecule has 0 saturated heterocycles. The number of hydrogen-bond donors (Lipinski definition) is 1. The van der Waals surface area contributed by atoms with E-state index in [0.717, 1.165) is 41.7 Å². The van der Waals surface area contributed by atoms with Crippen molar-refractivity contribution in [2.75, 3.05) is 6.26 Å². The summed E-state index contributed by atoms with van der Waals surface area (Å²) >= 11 is 1.76. The fraction of sp³-hybridized carbons (Fsp3) is 0.348. The maximum absolute atomic E-state index is 4.65. The lowest BCUT2D eigenvalue weighted by Gasteiger charge is -2.29. The fourth-order valence-corrected chi connectivity index (χ4v) is 4.59. The molecule has 0 radical (unpaired) electrons. The second kappa shape index (κ2) is 7.02. The Morgan fingerprint density at radius 2 is 2.03 bits per heavy atom. The summed E-state index contributed by atoms with van der Waals surface area (Å²) in [6, 6.07) is 10.8. The molecular weight excluding hydrogens is 378 g/mol. The van der Waals surface area contributed by atoms with E-state index >= 15 is 0 Å². The van der Waals surface area contributed by atoms with Gasteiger partial charge in [-0.05, 0) is 54.7 Å². The molecule has 3 aromatic heterocycles. The average molecular weight is 404 g/mol. The van der Waals surface area contributed by atoms with Gasteiger partial charge in [0.2, 0.25) is 0 Å². The molecule has 1 aliphatic rings. The van der Waals surface area contributed by atoms with Crippen LogP contribution in [0.1, 0.15) is 37.1 Å². The summed E-state index contributed by atoms with van der Waals surface area (Å²) < 4.78 is 1.97. The van der Waals surface area contributed by atoms with E-state index in [-0.39, 0.29) is 0 Å². The fourth-order valence-electron chi connectivity index (χ4n) is 4.18. The van der Waals surface area contributed by atoms with Crippen LogP contribution in [0.5, 0.6) is 0 Å². The molecule has 148 valence electrons. The van der Waals surface area contributed by atoms with Crippen LogP contribution in [0.4, 0.5) is 0 Å². The van der Waals surface area contributed by atoms with Crippen molar-refractivity contribution < 1.29 is 0 Å². The molecule has 0 amide bonds. The van der Waals surface area contributed by atoms with Crippen LogP contribution >= 0.6 is 11.8 Å². The van der Waals surface area contributed by atoms with Gasteiger partial charge in [-0.15, -0.1) is 11.8 Å². The zero-order valence-electron chi connectivity index (χ0n) is 17.1. The topological polar surface area (TPSA) is 59.4 Å². The summed E-state index contributed by atoms with van der Waals surface area (Å²) in [5.74, 6) is 0. The molecule has 0 atom stereocenters. The third kappa shape index (κ3) is 3.57. The van der Waals surface area contributed by atoms with Crippen LogP contribution in [0.15, 0.2) is 47.6 Å². The van der Waals surface area contributed by atoms with Crippen molar-refractivity contribution in [2.45, 2.75) is 44.6 Å². The smallest absolute Gasteiger partial charge is 0.181 e. The highest BCUT2D eigenvalue weighted by molar-refractivity contribution is 7.98. The third-order valence-electron chi connectivity index (χ3n) is 5.84. The zero-order valence-corrected chi connectivity index (χ0v) is 17.9. The molecule has 4 aromatic rings. The Morgan fingerprint density at radius 3 is 2.83 bits per heavy atom. The van der Waals surface area contributed by atoms with Crippen molar-refractivity contribution in [2.24, 2.45) is 5.41 Å². The summed E-state index contributed by atoms with van der Waals surface area (Å²) in [4.78, 5) is 5.89. The molecule has 1 N–H and O–H groups in total. The summed E-state index contributed by atoms with van der Waals surface area (Å²) in [6.07, 6.45) is 9.39. The van der Waals surface area contributed by atoms with E-state index in [1.165, 1.54) is 28.1 Å². The molecule has 29 heavy (non-hydrogen) atoms. The van der Waals surface area contributed by atoms with Gasteiger partial charge in [-0.25, -0.2) is 4.98 Å². The van der Waals surface area contributed by atoms with Crippen LogP contribution < -0.4 is 0 Å². The standard InChI is InChI=1S/C23H25N5S/c1-23(2)9-8-19-20(11-23)25-26-21(19)16-10-17-14-28(27-22(17)24-12-16)13-15-4-6-18(29-3)7-5-15/h4-7,10,12,14H,8-9,11,13H2,1-3H3,(H,25,26). The molecule has 1 aliphatic carbocycles. The molecule has 5 rings (SSSR count). The Kier molecular flexibility index (Phi) is 4.46. The van der Waals surface area contributed by atoms with Crippen molar-refractivity contribution in [1.29, 1.82) is 0 Å². The molecule has 0 saturated carbocycles. The maximum Gasteiger partial charge on any atom is 0.181 e. The highest BCUT2D eigenvalue weighted by Gasteiger charge is 2.29. The second-order valence-corrected chi connectivity index (χ2v) is 9.56. The Hall–Kier alpha value is -2.60. The van der Waals surface area contributed by atoms with Gasteiger partial charge >= 0.3 is 0 Å². The molecule has 0 aliphatic heterocycles. The van der Waals surface area contributed by atoms with Crippen molar-refractivity contribution in [3.63, 3.8) is 0 Å². The highest BCUT2D eigenvalue weighted by atomic mass is 32.2. The van der Waals surface area contributed by atoms with Gasteiger partial charge in [-0.2, -0.15) is 10.2 Å². The van der Waals surface area contributed by atoms with E-state index in [9.17, 15) is 0 Å². The Balaban J connectivity index is 1.43. The minimum absolute atomic E-state index is 0.341. The number of fused-ring (bicyclic) bond motifs is 2. The maximum atomic E-state index is 4.65. The molecule has 0 unspecified atom stereocenters. The number of pyridine rings is 1. The summed E-state index contributed by atoms with van der Waals surface area (Å²) in [7, 11) is 0. The van der Waals surface area contributed by atoms with E-state index in [1.54, 1.807) is 11.8 Å². The number of benzene rings is 1. The Labute approximate surface area is 174 Å². The summed E-state index contributed by atoms with van der Waals surface area (Å²) in [5.41, 5.74) is 7.10. The number of thioether (sulfide) groups is 1. The minimum Gasteiger partial charge on any atom is -0.282 e. The number of nitrogens with zero attached hydrogens (tertiary/aromatic N) is 4. The lowest BCUT2D eigenvalue weighted by atomic mass is 9.76. The first kappa shape index (κ1) is 18.4. The molecule has 5 nitrogen and oxygen atoms in total. The Bertz CT molecular complexity index is 1170. The van der Waals surface area contributed by atoms with Gasteiger partial charge in [0.1, 0.15) is 0 Å². The number of hydrogen-bond acceptors (Lipinski definition) is 4. The lowest BCUT2D eigenvalue weighted by molar-refractivity contribution is 0.312. The van der Waals surface area contributed by atoms with Crippen LogP contribution in [0.3, 0.4) is 0 Å². The van der Waals surface area contributed by atoms with Gasteiger partial charge in [-0.3, -0.25) is 9.78 Å². The van der Waals surface area contributed by atoms with Gasteiger partial charge < -0.3 is 0 Å². The number of aromatic nitrogens is 5. The van der Waals surface area contributed by atoms with Gasteiger partial charge in [0.25, 0.3) is 0 Å². The summed E-state index contributed by atoms with van der Waals surface area (Å²) in [5, 5.41) is 13.6. The zero-order chi connectivity index (χ0) is 20.0. The molecular formula is C23H25N5S. The van der Waals surface area contributed by atoms with Crippen molar-refractivity contribution in [3.8, 4) is 11.3 Å². The van der Waals surface area contributed by atoms with Crippen LogP contribution in [0, 0.1) is 5.41 Å². The predicted octanol–water partition coefficient (Wildman–Crippen LogP) is 5.11. The molecule has 0 bridgehead atoms. The number of rotatable bonds is 4. The average Bonchev–Trinajstić information content (AvgIpc) is 3.30. The quantitative estimate of drug-likeness (QED) is 0.481. The van der Waals surface area contributed by atoms with Gasteiger partial charge in [0.05, 0.1) is 12.2 Å². The normalized spacial score (nSPS) is 15.6. The van der Waals surface area contributed by atoms with E-state index in [0.29, 0.717) is 5.41 Å². The van der Waals surface area contributed by atoms with Crippen molar-refractivity contribution >= 4 is 22.8 Å². The number of nitrogens with one attached hydrogen (secondary N) is 1. The third-order valence-corrected chi connectivity index (χ3v) is 6.59. The molecule has 0 spiro atoms. The van der Waals surface area contributed by atoms with Crippen molar-refractivity contribution in [1.82, 2.24) is 25.0 Å².